The first kappa shape index (κ1) is 42.9. The van der Waals surface area contributed by atoms with Crippen LogP contribution in [0.3, 0.4) is 0 Å². The topological polar surface area (TPSA) is 72.8 Å². The fraction of sp³-hybridized carbons (Fsp3) is 0.949. The third-order valence-electron chi connectivity index (χ3n) is 8.77. The monoisotopic (exact) mass is 625 g/mol. The van der Waals surface area contributed by atoms with E-state index in [9.17, 15) is 14.7 Å². The van der Waals surface area contributed by atoms with Crippen molar-refractivity contribution in [2.75, 3.05) is 13.2 Å². The molecule has 5 nitrogen and oxygen atoms in total. The first-order chi connectivity index (χ1) is 21.5. The Morgan fingerprint density at radius 1 is 0.455 bits per heavy atom. The lowest BCUT2D eigenvalue weighted by atomic mass is 10.0. The zero-order valence-corrected chi connectivity index (χ0v) is 29.9. The molecule has 0 saturated carbocycles. The Morgan fingerprint density at radius 2 is 0.727 bits per heavy atom. The Morgan fingerprint density at radius 3 is 1.02 bits per heavy atom. The zero-order chi connectivity index (χ0) is 32.4. The number of ether oxygens (including phenoxy) is 2. The quantitative estimate of drug-likeness (QED) is 0.0561. The molecule has 44 heavy (non-hydrogen) atoms. The van der Waals surface area contributed by atoms with E-state index < -0.39 is 6.10 Å². The first-order valence-electron chi connectivity index (χ1n) is 19.4. The molecule has 0 heterocycles. The normalized spacial score (nSPS) is 12.1. The summed E-state index contributed by atoms with van der Waals surface area (Å²) in [5.74, 6) is 0.254. The molecule has 0 spiro atoms. The van der Waals surface area contributed by atoms with Crippen LogP contribution in [0.25, 0.3) is 0 Å². The largest absolute Gasteiger partial charge is 0.463 e. The number of aliphatic hydroxyl groups excluding tert-OH is 1. The van der Waals surface area contributed by atoms with E-state index in [0.29, 0.717) is 12.8 Å². The van der Waals surface area contributed by atoms with Gasteiger partial charge in [-0.2, -0.15) is 0 Å². The molecule has 0 aliphatic rings. The third kappa shape index (κ3) is 35.4. The van der Waals surface area contributed by atoms with Crippen molar-refractivity contribution in [2.45, 2.75) is 219 Å². The van der Waals surface area contributed by atoms with Gasteiger partial charge in [-0.1, -0.05) is 188 Å². The molecule has 1 N–H and O–H groups in total. The van der Waals surface area contributed by atoms with Crippen LogP contribution in [0.2, 0.25) is 0 Å². The maximum absolute atomic E-state index is 12.0. The van der Waals surface area contributed by atoms with E-state index in [2.05, 4.69) is 20.8 Å². The van der Waals surface area contributed by atoms with Crippen LogP contribution in [-0.4, -0.2) is 36.4 Å². The molecule has 262 valence electrons. The Hall–Kier alpha value is -1.10. The molecule has 0 aromatic rings. The summed E-state index contributed by atoms with van der Waals surface area (Å²) < 4.78 is 10.3. The SMILES string of the molecule is CCCCCCCCCCCCCCCCCCCCCC(=O)OC[C@@H](O)COC(=O)CCCCCCCCCCC(C)C. The average molecular weight is 625 g/mol. The number of aliphatic hydroxyl groups is 1. The zero-order valence-electron chi connectivity index (χ0n) is 29.9. The van der Waals surface area contributed by atoms with Crippen LogP contribution < -0.4 is 0 Å². The van der Waals surface area contributed by atoms with Gasteiger partial charge >= 0.3 is 11.9 Å². The van der Waals surface area contributed by atoms with Crippen molar-refractivity contribution in [1.82, 2.24) is 0 Å². The number of carbonyl (C=O) groups excluding carboxylic acids is 2. The molecule has 0 aliphatic carbocycles. The second-order valence-corrected chi connectivity index (χ2v) is 13.9. The van der Waals surface area contributed by atoms with Gasteiger partial charge < -0.3 is 14.6 Å². The number of carbonyl (C=O) groups is 2. The smallest absolute Gasteiger partial charge is 0.305 e. The summed E-state index contributed by atoms with van der Waals surface area (Å²) in [6.45, 7) is 6.63. The fourth-order valence-electron chi connectivity index (χ4n) is 5.80. The van der Waals surface area contributed by atoms with Gasteiger partial charge in [-0.05, 0) is 18.8 Å². The molecule has 0 aromatic heterocycles. The van der Waals surface area contributed by atoms with Gasteiger partial charge in [0.2, 0.25) is 0 Å². The number of hydrogen-bond donors (Lipinski definition) is 1. The van der Waals surface area contributed by atoms with Crippen LogP contribution in [0.1, 0.15) is 213 Å². The Labute approximate surface area is 274 Å². The van der Waals surface area contributed by atoms with E-state index in [0.717, 1.165) is 38.0 Å². The van der Waals surface area contributed by atoms with Gasteiger partial charge in [0.15, 0.2) is 0 Å². The molecule has 0 fully saturated rings. The molecule has 0 rings (SSSR count). The molecule has 0 aromatic carbocycles. The van der Waals surface area contributed by atoms with E-state index in [1.165, 1.54) is 148 Å². The van der Waals surface area contributed by atoms with Crippen molar-refractivity contribution in [2.24, 2.45) is 5.92 Å². The lowest BCUT2D eigenvalue weighted by Crippen LogP contribution is -2.25. The van der Waals surface area contributed by atoms with Crippen molar-refractivity contribution in [3.05, 3.63) is 0 Å². The summed E-state index contributed by atoms with van der Waals surface area (Å²) in [6.07, 6.45) is 36.0. The highest BCUT2D eigenvalue weighted by molar-refractivity contribution is 5.69. The summed E-state index contributed by atoms with van der Waals surface area (Å²) in [7, 11) is 0. The van der Waals surface area contributed by atoms with Gasteiger partial charge in [-0.3, -0.25) is 9.59 Å². The minimum absolute atomic E-state index is 0.109. The molecule has 0 bridgehead atoms. The molecule has 1 atom stereocenters. The first-order valence-corrected chi connectivity index (χ1v) is 19.4. The van der Waals surface area contributed by atoms with E-state index in [4.69, 9.17) is 9.47 Å². The van der Waals surface area contributed by atoms with Crippen LogP contribution >= 0.6 is 0 Å². The second-order valence-electron chi connectivity index (χ2n) is 13.9. The fourth-order valence-corrected chi connectivity index (χ4v) is 5.80. The summed E-state index contributed by atoms with van der Waals surface area (Å²) in [5, 5.41) is 9.99. The third-order valence-corrected chi connectivity index (χ3v) is 8.77. The van der Waals surface area contributed by atoms with Gasteiger partial charge in [-0.25, -0.2) is 0 Å². The molecule has 0 radical (unpaired) electrons. The van der Waals surface area contributed by atoms with Crippen molar-refractivity contribution in [3.63, 3.8) is 0 Å². The van der Waals surface area contributed by atoms with Crippen LogP contribution in [0.5, 0.6) is 0 Å². The van der Waals surface area contributed by atoms with Crippen LogP contribution in [0.15, 0.2) is 0 Å². The van der Waals surface area contributed by atoms with Gasteiger partial charge in [0.1, 0.15) is 19.3 Å². The van der Waals surface area contributed by atoms with Gasteiger partial charge in [-0.15, -0.1) is 0 Å². The Balaban J connectivity index is 3.36. The number of hydrogen-bond acceptors (Lipinski definition) is 5. The number of unbranched alkanes of at least 4 members (excludes halogenated alkanes) is 25. The summed E-state index contributed by atoms with van der Waals surface area (Å²) in [4.78, 5) is 23.9. The highest BCUT2D eigenvalue weighted by Gasteiger charge is 2.12. The van der Waals surface area contributed by atoms with Crippen molar-refractivity contribution in [3.8, 4) is 0 Å². The minimum Gasteiger partial charge on any atom is -0.463 e. The maximum atomic E-state index is 12.0. The molecule has 0 aliphatic heterocycles. The molecular formula is C39H76O5. The highest BCUT2D eigenvalue weighted by atomic mass is 16.6. The maximum Gasteiger partial charge on any atom is 0.305 e. The highest BCUT2D eigenvalue weighted by Crippen LogP contribution is 2.16. The van der Waals surface area contributed by atoms with E-state index >= 15 is 0 Å². The average Bonchev–Trinajstić information content (AvgIpc) is 3.00. The predicted octanol–water partition coefficient (Wildman–Crippen LogP) is 11.8. The second kappa shape index (κ2) is 34.8. The van der Waals surface area contributed by atoms with E-state index in [1.54, 1.807) is 0 Å². The van der Waals surface area contributed by atoms with Gasteiger partial charge in [0.05, 0.1) is 0 Å². The van der Waals surface area contributed by atoms with Crippen LogP contribution in [0, 0.1) is 5.92 Å². The summed E-state index contributed by atoms with van der Waals surface area (Å²) in [6, 6.07) is 0. The van der Waals surface area contributed by atoms with Crippen molar-refractivity contribution in [1.29, 1.82) is 0 Å². The molecule has 0 amide bonds. The van der Waals surface area contributed by atoms with E-state index in [1.807, 2.05) is 0 Å². The van der Waals surface area contributed by atoms with Gasteiger partial charge in [0, 0.05) is 12.8 Å². The van der Waals surface area contributed by atoms with Crippen molar-refractivity contribution < 1.29 is 24.2 Å². The minimum atomic E-state index is -0.955. The molecule has 5 heteroatoms. The molecule has 0 saturated heterocycles. The van der Waals surface area contributed by atoms with Crippen LogP contribution in [-0.2, 0) is 19.1 Å². The lowest BCUT2D eigenvalue weighted by Gasteiger charge is -2.12. The molecular weight excluding hydrogens is 548 g/mol. The van der Waals surface area contributed by atoms with Crippen molar-refractivity contribution >= 4 is 11.9 Å². The molecule has 0 unspecified atom stereocenters. The standard InChI is InChI=1S/C39H76O5/c1-4-5-6-7-8-9-10-11-12-13-14-15-16-17-18-19-23-26-29-32-38(41)43-34-37(40)35-44-39(42)33-30-27-24-21-20-22-25-28-31-36(2)3/h36-37,40H,4-35H2,1-3H3/t37-/m1/s1. The number of esters is 2. The number of rotatable bonds is 35. The predicted molar refractivity (Wildman–Crippen MR) is 187 cm³/mol. The Bertz CT molecular complexity index is 605. The van der Waals surface area contributed by atoms with Gasteiger partial charge in [0.25, 0.3) is 0 Å². The lowest BCUT2D eigenvalue weighted by molar-refractivity contribution is -0.152. The summed E-state index contributed by atoms with van der Waals surface area (Å²) >= 11 is 0. The Kier molecular flexibility index (Phi) is 33.9. The summed E-state index contributed by atoms with van der Waals surface area (Å²) in [5.41, 5.74) is 0. The van der Waals surface area contributed by atoms with E-state index in [-0.39, 0.29) is 25.2 Å². The van der Waals surface area contributed by atoms with Crippen LogP contribution in [0.4, 0.5) is 0 Å².